The van der Waals surface area contributed by atoms with Crippen molar-refractivity contribution in [3.05, 3.63) is 46.7 Å². The van der Waals surface area contributed by atoms with Gasteiger partial charge in [-0.3, -0.25) is 0 Å². The zero-order chi connectivity index (χ0) is 12.3. The van der Waals surface area contributed by atoms with Crippen molar-refractivity contribution >= 4 is 23.4 Å². The Labute approximate surface area is 109 Å². The molecule has 0 aliphatic carbocycles. The lowest BCUT2D eigenvalue weighted by Crippen LogP contribution is -1.96. The first-order chi connectivity index (χ1) is 8.19. The van der Waals surface area contributed by atoms with Gasteiger partial charge in [0.1, 0.15) is 0 Å². The van der Waals surface area contributed by atoms with Gasteiger partial charge < -0.3 is 5.73 Å². The van der Waals surface area contributed by atoms with Gasteiger partial charge in [0, 0.05) is 23.3 Å². The molecule has 1 aromatic carbocycles. The highest BCUT2D eigenvalue weighted by Gasteiger charge is 2.05. The number of nitrogens with two attached hydrogens (primary N) is 1. The largest absolute Gasteiger partial charge is 0.326 e. The van der Waals surface area contributed by atoms with Crippen LogP contribution in [0.1, 0.15) is 11.3 Å². The van der Waals surface area contributed by atoms with E-state index in [-0.39, 0.29) is 0 Å². The summed E-state index contributed by atoms with van der Waals surface area (Å²) in [6, 6.07) is 7.65. The predicted molar refractivity (Wildman–Crippen MR) is 70.2 cm³/mol. The van der Waals surface area contributed by atoms with Crippen molar-refractivity contribution in [1.29, 1.82) is 0 Å². The van der Waals surface area contributed by atoms with Gasteiger partial charge in [0.15, 0.2) is 5.16 Å². The lowest BCUT2D eigenvalue weighted by Gasteiger charge is -2.05. The number of aryl methyl sites for hydroxylation is 1. The quantitative estimate of drug-likeness (QED) is 0.867. The molecule has 0 saturated carbocycles. The zero-order valence-electron chi connectivity index (χ0n) is 9.35. The van der Waals surface area contributed by atoms with Crippen molar-refractivity contribution in [2.45, 2.75) is 23.5 Å². The Bertz CT molecular complexity index is 531. The Kier molecular flexibility index (Phi) is 3.99. The molecule has 2 N–H and O–H groups in total. The molecule has 88 valence electrons. The number of aromatic nitrogens is 2. The van der Waals surface area contributed by atoms with Crippen molar-refractivity contribution in [1.82, 2.24) is 9.97 Å². The molecule has 0 aliphatic heterocycles. The molecule has 1 heterocycles. The number of hydrogen-bond acceptors (Lipinski definition) is 4. The second kappa shape index (κ2) is 5.49. The maximum Gasteiger partial charge on any atom is 0.192 e. The fraction of sp³-hybridized carbons (Fsp3) is 0.167. The highest BCUT2D eigenvalue weighted by Crippen LogP contribution is 2.31. The molecule has 5 heteroatoms. The molecule has 2 rings (SSSR count). The average molecular weight is 266 g/mol. The van der Waals surface area contributed by atoms with Gasteiger partial charge in [-0.1, -0.05) is 17.7 Å². The molecule has 0 bridgehead atoms. The number of benzene rings is 1. The minimum Gasteiger partial charge on any atom is -0.326 e. The normalized spacial score (nSPS) is 10.5. The van der Waals surface area contributed by atoms with Crippen LogP contribution in [0.15, 0.2) is 40.5 Å². The summed E-state index contributed by atoms with van der Waals surface area (Å²) in [6.07, 6.45) is 1.74. The summed E-state index contributed by atoms with van der Waals surface area (Å²) in [7, 11) is 0. The van der Waals surface area contributed by atoms with Crippen LogP contribution in [0.3, 0.4) is 0 Å². The molecule has 0 spiro atoms. The number of nitrogens with zero attached hydrogens (tertiary/aromatic N) is 2. The van der Waals surface area contributed by atoms with Gasteiger partial charge in [-0.2, -0.15) is 0 Å². The van der Waals surface area contributed by atoms with E-state index in [0.29, 0.717) is 16.7 Å². The Hall–Kier alpha value is -1.10. The highest BCUT2D eigenvalue weighted by molar-refractivity contribution is 7.99. The third-order valence-corrected chi connectivity index (χ3v) is 3.59. The van der Waals surface area contributed by atoms with Crippen LogP contribution in [0.4, 0.5) is 0 Å². The summed E-state index contributed by atoms with van der Waals surface area (Å²) in [4.78, 5) is 9.45. The lowest BCUT2D eigenvalue weighted by molar-refractivity contribution is 0.932. The van der Waals surface area contributed by atoms with Crippen LogP contribution < -0.4 is 5.73 Å². The molecule has 0 amide bonds. The van der Waals surface area contributed by atoms with Gasteiger partial charge in [-0.25, -0.2) is 9.97 Å². The van der Waals surface area contributed by atoms with Crippen molar-refractivity contribution in [3.8, 4) is 0 Å². The van der Waals surface area contributed by atoms with Gasteiger partial charge in [-0.05, 0) is 42.4 Å². The first-order valence-electron chi connectivity index (χ1n) is 5.15. The summed E-state index contributed by atoms with van der Waals surface area (Å²) < 4.78 is 0. The minimum atomic E-state index is 0.492. The van der Waals surface area contributed by atoms with Gasteiger partial charge in [0.05, 0.1) is 5.02 Å². The third kappa shape index (κ3) is 3.19. The first kappa shape index (κ1) is 12.4. The van der Waals surface area contributed by atoms with Crippen LogP contribution in [0, 0.1) is 6.92 Å². The summed E-state index contributed by atoms with van der Waals surface area (Å²) in [6.45, 7) is 2.43. The van der Waals surface area contributed by atoms with E-state index in [9.17, 15) is 0 Å². The Balaban J connectivity index is 2.24. The van der Waals surface area contributed by atoms with Crippen LogP contribution in [-0.4, -0.2) is 9.97 Å². The number of hydrogen-bond donors (Lipinski definition) is 1. The molecule has 0 fully saturated rings. The number of halogens is 1. The van der Waals surface area contributed by atoms with Crippen molar-refractivity contribution in [2.24, 2.45) is 5.73 Å². The summed E-state index contributed by atoms with van der Waals surface area (Å²) in [5, 5.41) is 1.38. The Morgan fingerprint density at radius 3 is 2.82 bits per heavy atom. The summed E-state index contributed by atoms with van der Waals surface area (Å²) in [5.74, 6) is 0. The molecule has 0 atom stereocenters. The smallest absolute Gasteiger partial charge is 0.192 e. The van der Waals surface area contributed by atoms with Crippen LogP contribution in [0.2, 0.25) is 5.02 Å². The standard InChI is InChI=1S/C12H12ClN3S/c1-8-4-5-15-12(16-8)17-11-3-2-9(7-14)6-10(11)13/h2-6H,7,14H2,1H3. The van der Waals surface area contributed by atoms with Crippen LogP contribution in [0.25, 0.3) is 0 Å². The molecular weight excluding hydrogens is 254 g/mol. The fourth-order valence-electron chi connectivity index (χ4n) is 1.33. The van der Waals surface area contributed by atoms with E-state index < -0.39 is 0 Å². The third-order valence-electron chi connectivity index (χ3n) is 2.21. The van der Waals surface area contributed by atoms with E-state index in [1.165, 1.54) is 11.8 Å². The van der Waals surface area contributed by atoms with Crippen molar-refractivity contribution < 1.29 is 0 Å². The van der Waals surface area contributed by atoms with E-state index in [2.05, 4.69) is 9.97 Å². The monoisotopic (exact) mass is 265 g/mol. The topological polar surface area (TPSA) is 51.8 Å². The Morgan fingerprint density at radius 2 is 2.18 bits per heavy atom. The highest BCUT2D eigenvalue weighted by atomic mass is 35.5. The van der Waals surface area contributed by atoms with Crippen LogP contribution in [-0.2, 0) is 6.54 Å². The van der Waals surface area contributed by atoms with E-state index in [0.717, 1.165) is 16.2 Å². The molecule has 3 nitrogen and oxygen atoms in total. The molecule has 0 aliphatic rings. The van der Waals surface area contributed by atoms with Crippen LogP contribution >= 0.6 is 23.4 Å². The average Bonchev–Trinajstić information content (AvgIpc) is 2.32. The lowest BCUT2D eigenvalue weighted by atomic mass is 10.2. The molecule has 2 aromatic rings. The van der Waals surface area contributed by atoms with Crippen LogP contribution in [0.5, 0.6) is 0 Å². The Morgan fingerprint density at radius 1 is 1.35 bits per heavy atom. The van der Waals surface area contributed by atoms with Gasteiger partial charge in [0.25, 0.3) is 0 Å². The molecule has 0 radical (unpaired) electrons. The second-order valence-corrected chi connectivity index (χ2v) is 4.97. The van der Waals surface area contributed by atoms with E-state index in [1.807, 2.05) is 31.2 Å². The van der Waals surface area contributed by atoms with Crippen molar-refractivity contribution in [2.75, 3.05) is 0 Å². The first-order valence-corrected chi connectivity index (χ1v) is 6.34. The maximum atomic E-state index is 6.17. The molecule has 0 unspecified atom stereocenters. The second-order valence-electron chi connectivity index (χ2n) is 3.55. The van der Waals surface area contributed by atoms with Gasteiger partial charge in [-0.15, -0.1) is 0 Å². The summed E-state index contributed by atoms with van der Waals surface area (Å²) in [5.41, 5.74) is 7.51. The maximum absolute atomic E-state index is 6.17. The molecule has 0 saturated heterocycles. The molecule has 1 aromatic heterocycles. The van der Waals surface area contributed by atoms with E-state index in [4.69, 9.17) is 17.3 Å². The molecule has 17 heavy (non-hydrogen) atoms. The summed E-state index contributed by atoms with van der Waals surface area (Å²) >= 11 is 7.62. The fourth-order valence-corrected chi connectivity index (χ4v) is 2.44. The van der Waals surface area contributed by atoms with Crippen molar-refractivity contribution in [3.63, 3.8) is 0 Å². The molecular formula is C12H12ClN3S. The van der Waals surface area contributed by atoms with E-state index >= 15 is 0 Å². The predicted octanol–water partition coefficient (Wildman–Crippen LogP) is 3.05. The SMILES string of the molecule is Cc1ccnc(Sc2ccc(CN)cc2Cl)n1. The van der Waals surface area contributed by atoms with Gasteiger partial charge >= 0.3 is 0 Å². The number of rotatable bonds is 3. The van der Waals surface area contributed by atoms with Gasteiger partial charge in [0.2, 0.25) is 0 Å². The van der Waals surface area contributed by atoms with E-state index in [1.54, 1.807) is 6.20 Å². The minimum absolute atomic E-state index is 0.492. The zero-order valence-corrected chi connectivity index (χ0v) is 10.9.